The number of halogens is 1. The van der Waals surface area contributed by atoms with Gasteiger partial charge in [0, 0.05) is 23.9 Å². The summed E-state index contributed by atoms with van der Waals surface area (Å²) in [5.41, 5.74) is 0.426. The Kier molecular flexibility index (Phi) is 2.76. The number of anilines is 1. The zero-order chi connectivity index (χ0) is 11.7. The highest BCUT2D eigenvalue weighted by molar-refractivity contribution is 6.31. The van der Waals surface area contributed by atoms with E-state index >= 15 is 0 Å². The topological polar surface area (TPSA) is 40.5 Å². The van der Waals surface area contributed by atoms with Crippen molar-refractivity contribution in [2.75, 3.05) is 11.4 Å². The number of aromatic hydroxyl groups is 1. The standard InChI is InChI=1S/C12H10ClNO2/c1-2-8-5-12(16)14(7-8)10-6-9(13)3-4-11(10)15/h1,3-4,6,8,15H,5,7H2. The SMILES string of the molecule is C#CC1CC(=O)N(c2cc(Cl)ccc2O)C1. The number of benzene rings is 1. The predicted octanol–water partition coefficient (Wildman–Crippen LogP) is 2.03. The smallest absolute Gasteiger partial charge is 0.228 e. The lowest BCUT2D eigenvalue weighted by atomic mass is 10.1. The summed E-state index contributed by atoms with van der Waals surface area (Å²) < 4.78 is 0. The molecule has 0 spiro atoms. The highest BCUT2D eigenvalue weighted by atomic mass is 35.5. The van der Waals surface area contributed by atoms with E-state index in [2.05, 4.69) is 5.92 Å². The zero-order valence-electron chi connectivity index (χ0n) is 8.48. The van der Waals surface area contributed by atoms with Gasteiger partial charge < -0.3 is 10.0 Å². The number of phenols is 1. The van der Waals surface area contributed by atoms with Crippen LogP contribution in [0.15, 0.2) is 18.2 Å². The molecule has 82 valence electrons. The van der Waals surface area contributed by atoms with Crippen LogP contribution >= 0.6 is 11.6 Å². The van der Waals surface area contributed by atoms with E-state index in [1.165, 1.54) is 11.0 Å². The monoisotopic (exact) mass is 235 g/mol. The molecule has 0 bridgehead atoms. The predicted molar refractivity (Wildman–Crippen MR) is 62.4 cm³/mol. The summed E-state index contributed by atoms with van der Waals surface area (Å²) in [4.78, 5) is 13.2. The van der Waals surface area contributed by atoms with Crippen molar-refractivity contribution >= 4 is 23.2 Å². The maximum absolute atomic E-state index is 11.7. The Hall–Kier alpha value is -1.66. The summed E-state index contributed by atoms with van der Waals surface area (Å²) >= 11 is 5.82. The van der Waals surface area contributed by atoms with Crippen LogP contribution in [0.1, 0.15) is 6.42 Å². The normalized spacial score (nSPS) is 19.9. The third-order valence-electron chi connectivity index (χ3n) is 2.59. The van der Waals surface area contributed by atoms with Crippen molar-refractivity contribution in [3.05, 3.63) is 23.2 Å². The molecule has 3 nitrogen and oxygen atoms in total. The quantitative estimate of drug-likeness (QED) is 0.757. The van der Waals surface area contributed by atoms with Gasteiger partial charge in [-0.2, -0.15) is 0 Å². The molecule has 1 fully saturated rings. The molecule has 1 aromatic rings. The highest BCUT2D eigenvalue weighted by Gasteiger charge is 2.30. The molecule has 1 aliphatic heterocycles. The van der Waals surface area contributed by atoms with E-state index in [0.29, 0.717) is 23.7 Å². The Morgan fingerprint density at radius 2 is 2.31 bits per heavy atom. The molecule has 1 N–H and O–H groups in total. The van der Waals surface area contributed by atoms with Crippen LogP contribution in [0.3, 0.4) is 0 Å². The molecule has 0 radical (unpaired) electrons. The minimum absolute atomic E-state index is 0.0374. The van der Waals surface area contributed by atoms with Gasteiger partial charge in [0.15, 0.2) is 0 Å². The first kappa shape index (κ1) is 10.8. The Balaban J connectivity index is 2.35. The maximum atomic E-state index is 11.7. The molecule has 1 saturated heterocycles. The van der Waals surface area contributed by atoms with Crippen molar-refractivity contribution in [1.82, 2.24) is 0 Å². The zero-order valence-corrected chi connectivity index (χ0v) is 9.24. The van der Waals surface area contributed by atoms with E-state index in [9.17, 15) is 9.90 Å². The third kappa shape index (κ3) is 1.84. The van der Waals surface area contributed by atoms with Crippen molar-refractivity contribution in [1.29, 1.82) is 0 Å². The van der Waals surface area contributed by atoms with Crippen LogP contribution in [-0.2, 0) is 4.79 Å². The van der Waals surface area contributed by atoms with Gasteiger partial charge in [-0.1, -0.05) is 11.6 Å². The average molecular weight is 236 g/mol. The van der Waals surface area contributed by atoms with Crippen LogP contribution in [0, 0.1) is 18.3 Å². The van der Waals surface area contributed by atoms with Crippen LogP contribution in [0.25, 0.3) is 0 Å². The molecule has 1 atom stereocenters. The molecule has 1 aromatic carbocycles. The van der Waals surface area contributed by atoms with Gasteiger partial charge in [0.1, 0.15) is 5.75 Å². The molecule has 0 aliphatic carbocycles. The number of amides is 1. The van der Waals surface area contributed by atoms with Crippen molar-refractivity contribution < 1.29 is 9.90 Å². The molecule has 0 saturated carbocycles. The van der Waals surface area contributed by atoms with E-state index in [-0.39, 0.29) is 17.6 Å². The lowest BCUT2D eigenvalue weighted by Gasteiger charge is -2.17. The van der Waals surface area contributed by atoms with Gasteiger partial charge in [0.2, 0.25) is 5.91 Å². The van der Waals surface area contributed by atoms with Gasteiger partial charge in [0.25, 0.3) is 0 Å². The molecular formula is C12H10ClNO2. The van der Waals surface area contributed by atoms with E-state index < -0.39 is 0 Å². The van der Waals surface area contributed by atoms with Gasteiger partial charge in [-0.25, -0.2) is 0 Å². The lowest BCUT2D eigenvalue weighted by Crippen LogP contribution is -2.24. The Morgan fingerprint density at radius 3 is 2.94 bits per heavy atom. The van der Waals surface area contributed by atoms with E-state index in [4.69, 9.17) is 18.0 Å². The second kappa shape index (κ2) is 4.07. The summed E-state index contributed by atoms with van der Waals surface area (Å²) in [5, 5.41) is 10.1. The minimum atomic E-state index is -0.0918. The second-order valence-corrected chi connectivity index (χ2v) is 4.14. The van der Waals surface area contributed by atoms with Crippen LogP contribution in [-0.4, -0.2) is 17.6 Å². The van der Waals surface area contributed by atoms with Crippen LogP contribution in [0.5, 0.6) is 5.75 Å². The van der Waals surface area contributed by atoms with Crippen LogP contribution < -0.4 is 4.90 Å². The fraction of sp³-hybridized carbons (Fsp3) is 0.250. The lowest BCUT2D eigenvalue weighted by molar-refractivity contribution is -0.117. The molecule has 1 heterocycles. The summed E-state index contributed by atoms with van der Waals surface area (Å²) in [6.07, 6.45) is 5.61. The molecule has 1 aliphatic rings. The number of terminal acetylenes is 1. The number of hydrogen-bond acceptors (Lipinski definition) is 2. The first-order valence-corrected chi connectivity index (χ1v) is 5.24. The molecule has 2 rings (SSSR count). The van der Waals surface area contributed by atoms with Crippen molar-refractivity contribution in [3.63, 3.8) is 0 Å². The summed E-state index contributed by atoms with van der Waals surface area (Å²) in [7, 11) is 0. The highest BCUT2D eigenvalue weighted by Crippen LogP contribution is 2.34. The van der Waals surface area contributed by atoms with Gasteiger partial charge >= 0.3 is 0 Å². The summed E-state index contributed by atoms with van der Waals surface area (Å²) in [6, 6.07) is 4.60. The molecular weight excluding hydrogens is 226 g/mol. The number of carbonyl (C=O) groups is 1. The third-order valence-corrected chi connectivity index (χ3v) is 2.82. The van der Waals surface area contributed by atoms with Crippen molar-refractivity contribution in [2.45, 2.75) is 6.42 Å². The van der Waals surface area contributed by atoms with Crippen LogP contribution in [0.4, 0.5) is 5.69 Å². The van der Waals surface area contributed by atoms with Gasteiger partial charge in [-0.05, 0) is 18.2 Å². The number of rotatable bonds is 1. The molecule has 0 aromatic heterocycles. The maximum Gasteiger partial charge on any atom is 0.228 e. The largest absolute Gasteiger partial charge is 0.506 e. The molecule has 1 amide bonds. The van der Waals surface area contributed by atoms with Gasteiger partial charge in [-0.15, -0.1) is 12.3 Å². The first-order valence-electron chi connectivity index (χ1n) is 4.87. The van der Waals surface area contributed by atoms with E-state index in [1.807, 2.05) is 0 Å². The van der Waals surface area contributed by atoms with Gasteiger partial charge in [-0.3, -0.25) is 4.79 Å². The Labute approximate surface area is 98.6 Å². The Bertz CT molecular complexity index is 478. The molecule has 4 heteroatoms. The molecule has 1 unspecified atom stereocenters. The van der Waals surface area contributed by atoms with Crippen molar-refractivity contribution in [2.24, 2.45) is 5.92 Å². The Morgan fingerprint density at radius 1 is 1.56 bits per heavy atom. The number of carbonyl (C=O) groups excluding carboxylic acids is 1. The molecule has 16 heavy (non-hydrogen) atoms. The number of nitrogens with zero attached hydrogens (tertiary/aromatic N) is 1. The average Bonchev–Trinajstić information content (AvgIpc) is 2.63. The van der Waals surface area contributed by atoms with Crippen LogP contribution in [0.2, 0.25) is 5.02 Å². The van der Waals surface area contributed by atoms with Crippen molar-refractivity contribution in [3.8, 4) is 18.1 Å². The summed E-state index contributed by atoms with van der Waals surface area (Å²) in [6.45, 7) is 0.434. The second-order valence-electron chi connectivity index (χ2n) is 3.71. The van der Waals surface area contributed by atoms with E-state index in [0.717, 1.165) is 0 Å². The first-order chi connectivity index (χ1) is 7.61. The fourth-order valence-corrected chi connectivity index (χ4v) is 1.93. The number of hydrogen-bond donors (Lipinski definition) is 1. The minimum Gasteiger partial charge on any atom is -0.506 e. The number of phenolic OH excluding ortho intramolecular Hbond substituents is 1. The van der Waals surface area contributed by atoms with Gasteiger partial charge in [0.05, 0.1) is 5.69 Å². The van der Waals surface area contributed by atoms with E-state index in [1.54, 1.807) is 12.1 Å². The fourth-order valence-electron chi connectivity index (χ4n) is 1.76. The summed E-state index contributed by atoms with van der Waals surface area (Å²) in [5.74, 6) is 2.41.